The van der Waals surface area contributed by atoms with Crippen molar-refractivity contribution in [2.24, 2.45) is 11.8 Å². The molecule has 2 amide bonds. The van der Waals surface area contributed by atoms with Crippen LogP contribution in [0.1, 0.15) is 33.1 Å². The fourth-order valence-corrected chi connectivity index (χ4v) is 3.39. The van der Waals surface area contributed by atoms with Gasteiger partial charge in [0.1, 0.15) is 16.8 Å². The first-order valence-corrected chi connectivity index (χ1v) is 9.92. The number of aromatic nitrogens is 2. The van der Waals surface area contributed by atoms with E-state index in [1.54, 1.807) is 7.11 Å². The molecule has 1 aromatic carbocycles. The highest BCUT2D eigenvalue weighted by molar-refractivity contribution is 7.18. The van der Waals surface area contributed by atoms with E-state index in [1.165, 1.54) is 11.3 Å². The van der Waals surface area contributed by atoms with Crippen molar-refractivity contribution in [1.82, 2.24) is 15.5 Å². The summed E-state index contributed by atoms with van der Waals surface area (Å²) < 4.78 is 5.23. The van der Waals surface area contributed by atoms with Crippen LogP contribution in [0.4, 0.5) is 5.13 Å². The minimum Gasteiger partial charge on any atom is -0.497 e. The second-order valence-electron chi connectivity index (χ2n) is 6.78. The first-order valence-electron chi connectivity index (χ1n) is 9.11. The SMILES string of the molecule is CCC(C)C(NC(=O)C1CC1)C(=O)Nc1nnc(-c2cccc(OC)c2)s1. The van der Waals surface area contributed by atoms with Gasteiger partial charge in [-0.05, 0) is 30.9 Å². The maximum absolute atomic E-state index is 12.7. The van der Waals surface area contributed by atoms with Crippen LogP contribution in [0, 0.1) is 11.8 Å². The van der Waals surface area contributed by atoms with Crippen molar-refractivity contribution in [3.05, 3.63) is 24.3 Å². The lowest BCUT2D eigenvalue weighted by atomic mass is 9.98. The molecule has 1 saturated carbocycles. The van der Waals surface area contributed by atoms with E-state index in [1.807, 2.05) is 38.1 Å². The zero-order valence-corrected chi connectivity index (χ0v) is 16.5. The molecule has 7 nitrogen and oxygen atoms in total. The number of benzene rings is 1. The van der Waals surface area contributed by atoms with Gasteiger partial charge in [-0.3, -0.25) is 14.9 Å². The normalized spacial score (nSPS) is 15.7. The standard InChI is InChI=1S/C19H24N4O3S/c1-4-11(2)15(20-16(24)12-8-9-12)17(25)21-19-23-22-18(27-19)13-6-5-7-14(10-13)26-3/h5-7,10-12,15H,4,8-9H2,1-3H3,(H,20,24)(H,21,23,25). The first-order chi connectivity index (χ1) is 13.0. The van der Waals surface area contributed by atoms with Gasteiger partial charge in [0.2, 0.25) is 16.9 Å². The van der Waals surface area contributed by atoms with Gasteiger partial charge in [-0.25, -0.2) is 0 Å². The molecule has 2 atom stereocenters. The van der Waals surface area contributed by atoms with Gasteiger partial charge in [0.05, 0.1) is 7.11 Å². The Labute approximate surface area is 162 Å². The van der Waals surface area contributed by atoms with Crippen LogP contribution in [0.3, 0.4) is 0 Å². The summed E-state index contributed by atoms with van der Waals surface area (Å²) in [6.45, 7) is 3.96. The molecule has 1 heterocycles. The largest absolute Gasteiger partial charge is 0.497 e. The summed E-state index contributed by atoms with van der Waals surface area (Å²) in [6.07, 6.45) is 2.59. The van der Waals surface area contributed by atoms with E-state index in [-0.39, 0.29) is 23.7 Å². The Hall–Kier alpha value is -2.48. The monoisotopic (exact) mass is 388 g/mol. The first kappa shape index (κ1) is 19.3. The van der Waals surface area contributed by atoms with Gasteiger partial charge in [0, 0.05) is 11.5 Å². The lowest BCUT2D eigenvalue weighted by Crippen LogP contribution is -2.48. The molecule has 0 saturated heterocycles. The third-order valence-corrected chi connectivity index (χ3v) is 5.60. The molecule has 27 heavy (non-hydrogen) atoms. The van der Waals surface area contributed by atoms with E-state index in [4.69, 9.17) is 4.74 Å². The number of nitrogens with one attached hydrogen (secondary N) is 2. The maximum atomic E-state index is 12.7. The molecule has 0 radical (unpaired) electrons. The van der Waals surface area contributed by atoms with Crippen molar-refractivity contribution in [2.75, 3.05) is 12.4 Å². The molecule has 2 unspecified atom stereocenters. The summed E-state index contributed by atoms with van der Waals surface area (Å²) in [4.78, 5) is 24.8. The maximum Gasteiger partial charge on any atom is 0.249 e. The van der Waals surface area contributed by atoms with Gasteiger partial charge in [0.15, 0.2) is 0 Å². The van der Waals surface area contributed by atoms with E-state index in [9.17, 15) is 9.59 Å². The minimum atomic E-state index is -0.577. The van der Waals surface area contributed by atoms with Crippen LogP contribution in [-0.2, 0) is 9.59 Å². The third-order valence-electron chi connectivity index (χ3n) is 4.71. The van der Waals surface area contributed by atoms with Crippen LogP contribution < -0.4 is 15.4 Å². The molecule has 0 aliphatic heterocycles. The van der Waals surface area contributed by atoms with Crippen molar-refractivity contribution >= 4 is 28.3 Å². The summed E-state index contributed by atoms with van der Waals surface area (Å²) in [7, 11) is 1.61. The zero-order valence-electron chi connectivity index (χ0n) is 15.7. The lowest BCUT2D eigenvalue weighted by Gasteiger charge is -2.22. The molecule has 0 bridgehead atoms. The summed E-state index contributed by atoms with van der Waals surface area (Å²) >= 11 is 1.29. The molecule has 1 aliphatic rings. The molecule has 1 fully saturated rings. The highest BCUT2D eigenvalue weighted by atomic mass is 32.1. The summed E-state index contributed by atoms with van der Waals surface area (Å²) in [5, 5.41) is 15.0. The van der Waals surface area contributed by atoms with E-state index in [2.05, 4.69) is 20.8 Å². The predicted molar refractivity (Wildman–Crippen MR) is 105 cm³/mol. The smallest absolute Gasteiger partial charge is 0.249 e. The molecular formula is C19H24N4O3S. The third kappa shape index (κ3) is 4.82. The second kappa shape index (κ2) is 8.47. The number of methoxy groups -OCH3 is 1. The van der Waals surface area contributed by atoms with Crippen molar-refractivity contribution in [1.29, 1.82) is 0 Å². The minimum absolute atomic E-state index is 0.0264. The number of anilines is 1. The quantitative estimate of drug-likeness (QED) is 0.725. The van der Waals surface area contributed by atoms with E-state index >= 15 is 0 Å². The number of carbonyl (C=O) groups excluding carboxylic acids is 2. The van der Waals surface area contributed by atoms with Crippen LogP contribution in [-0.4, -0.2) is 35.2 Å². The zero-order chi connectivity index (χ0) is 19.4. The summed E-state index contributed by atoms with van der Waals surface area (Å²) in [5.74, 6) is 0.522. The fraction of sp³-hybridized carbons (Fsp3) is 0.474. The Kier molecular flexibility index (Phi) is 6.05. The number of nitrogens with zero attached hydrogens (tertiary/aromatic N) is 2. The summed E-state index contributed by atoms with van der Waals surface area (Å²) in [5.41, 5.74) is 0.868. The predicted octanol–water partition coefficient (Wildman–Crippen LogP) is 3.09. The molecule has 1 aromatic heterocycles. The highest BCUT2D eigenvalue weighted by Crippen LogP contribution is 2.30. The van der Waals surface area contributed by atoms with Crippen molar-refractivity contribution in [3.8, 4) is 16.3 Å². The number of hydrogen-bond acceptors (Lipinski definition) is 6. The Morgan fingerprint density at radius 2 is 2.11 bits per heavy atom. The average Bonchev–Trinajstić information content (AvgIpc) is 3.44. The van der Waals surface area contributed by atoms with Crippen LogP contribution in [0.25, 0.3) is 10.6 Å². The van der Waals surface area contributed by atoms with Crippen LogP contribution in [0.5, 0.6) is 5.75 Å². The van der Waals surface area contributed by atoms with E-state index in [0.29, 0.717) is 10.1 Å². The Morgan fingerprint density at radius 3 is 2.78 bits per heavy atom. The molecule has 144 valence electrons. The van der Waals surface area contributed by atoms with Gasteiger partial charge in [-0.2, -0.15) is 0 Å². The van der Waals surface area contributed by atoms with Crippen molar-refractivity contribution in [2.45, 2.75) is 39.2 Å². The van der Waals surface area contributed by atoms with Gasteiger partial charge in [-0.1, -0.05) is 43.7 Å². The van der Waals surface area contributed by atoms with Crippen LogP contribution in [0.2, 0.25) is 0 Å². The van der Waals surface area contributed by atoms with Gasteiger partial charge >= 0.3 is 0 Å². The van der Waals surface area contributed by atoms with Crippen LogP contribution >= 0.6 is 11.3 Å². The van der Waals surface area contributed by atoms with Gasteiger partial charge < -0.3 is 10.1 Å². The average molecular weight is 388 g/mol. The molecule has 3 rings (SSSR count). The van der Waals surface area contributed by atoms with E-state index in [0.717, 1.165) is 30.6 Å². The highest BCUT2D eigenvalue weighted by Gasteiger charge is 2.34. The van der Waals surface area contributed by atoms with Gasteiger partial charge in [-0.15, -0.1) is 10.2 Å². The fourth-order valence-electron chi connectivity index (χ4n) is 2.65. The van der Waals surface area contributed by atoms with Crippen molar-refractivity contribution < 1.29 is 14.3 Å². The summed E-state index contributed by atoms with van der Waals surface area (Å²) in [6, 6.07) is 6.93. The lowest BCUT2D eigenvalue weighted by molar-refractivity contribution is -0.128. The number of hydrogen-bond donors (Lipinski definition) is 2. The molecule has 8 heteroatoms. The Balaban J connectivity index is 1.69. The molecule has 2 aromatic rings. The second-order valence-corrected chi connectivity index (χ2v) is 7.76. The Morgan fingerprint density at radius 1 is 1.33 bits per heavy atom. The molecule has 1 aliphatic carbocycles. The van der Waals surface area contributed by atoms with E-state index < -0.39 is 6.04 Å². The number of rotatable bonds is 8. The number of ether oxygens (including phenoxy) is 1. The Bertz CT molecular complexity index is 819. The van der Waals surface area contributed by atoms with Crippen LogP contribution in [0.15, 0.2) is 24.3 Å². The molecule has 2 N–H and O–H groups in total. The molecule has 0 spiro atoms. The number of carbonyl (C=O) groups is 2. The van der Waals surface area contributed by atoms with Crippen molar-refractivity contribution in [3.63, 3.8) is 0 Å². The molecular weight excluding hydrogens is 364 g/mol. The number of amides is 2. The van der Waals surface area contributed by atoms with Gasteiger partial charge in [0.25, 0.3) is 0 Å². The topological polar surface area (TPSA) is 93.2 Å².